The second kappa shape index (κ2) is 12.9. The van der Waals surface area contributed by atoms with Gasteiger partial charge in [0.05, 0.1) is 6.61 Å². The van der Waals surface area contributed by atoms with Crippen LogP contribution in [0.25, 0.3) is 0 Å². The van der Waals surface area contributed by atoms with Crippen LogP contribution in [0.1, 0.15) is 18.4 Å². The fourth-order valence-corrected chi connectivity index (χ4v) is 4.00. The van der Waals surface area contributed by atoms with Crippen LogP contribution in [0.5, 0.6) is 11.5 Å². The van der Waals surface area contributed by atoms with Gasteiger partial charge in [0, 0.05) is 17.4 Å². The topological polar surface area (TPSA) is 198 Å². The van der Waals surface area contributed by atoms with E-state index in [9.17, 15) is 24.3 Å². The van der Waals surface area contributed by atoms with Gasteiger partial charge >= 0.3 is 11.9 Å². The van der Waals surface area contributed by atoms with Crippen molar-refractivity contribution >= 4 is 35.5 Å². The van der Waals surface area contributed by atoms with Gasteiger partial charge in [-0.05, 0) is 30.5 Å². The number of nitrogens with two attached hydrogens (primary N) is 1. The highest BCUT2D eigenvalue weighted by atomic mass is 32.2. The van der Waals surface area contributed by atoms with Crippen LogP contribution in [-0.2, 0) is 25.6 Å². The smallest absolute Gasteiger partial charge is 0.322 e. The summed E-state index contributed by atoms with van der Waals surface area (Å²) in [4.78, 5) is 46.2. The van der Waals surface area contributed by atoms with Crippen LogP contribution in [0.2, 0.25) is 0 Å². The van der Waals surface area contributed by atoms with Gasteiger partial charge in [0.2, 0.25) is 18.6 Å². The lowest BCUT2D eigenvalue weighted by atomic mass is 10.1. The summed E-state index contributed by atoms with van der Waals surface area (Å²) >= 11 is 1.23. The standard InChI is InChI=1S/C20H27N3O9S/c21-13(20(29)30)2-4-17(25)23-14(19(28)22-7-18(26)27)9-33-12(8-24)5-11-1-3-15-16(6-11)32-10-31-15/h1,3,6,12-14,24H,2,4-5,7-10,21H2,(H,22,28)(H,23,25)(H,26,27)(H,29,30). The van der Waals surface area contributed by atoms with Crippen LogP contribution in [0.15, 0.2) is 18.2 Å². The van der Waals surface area contributed by atoms with Crippen molar-refractivity contribution in [2.75, 3.05) is 25.7 Å². The molecule has 2 amide bonds. The van der Waals surface area contributed by atoms with E-state index in [0.717, 1.165) is 5.56 Å². The van der Waals surface area contributed by atoms with Gasteiger partial charge in [-0.1, -0.05) is 6.07 Å². The number of aliphatic hydroxyl groups is 1. The van der Waals surface area contributed by atoms with E-state index in [1.54, 1.807) is 12.1 Å². The van der Waals surface area contributed by atoms with Crippen molar-refractivity contribution in [1.82, 2.24) is 10.6 Å². The first kappa shape index (κ1) is 26.2. The molecule has 3 atom stereocenters. The highest BCUT2D eigenvalue weighted by molar-refractivity contribution is 8.00. The van der Waals surface area contributed by atoms with E-state index >= 15 is 0 Å². The van der Waals surface area contributed by atoms with Crippen molar-refractivity contribution in [2.24, 2.45) is 5.73 Å². The lowest BCUT2D eigenvalue weighted by Crippen LogP contribution is -2.49. The first-order valence-corrected chi connectivity index (χ1v) is 11.1. The minimum atomic E-state index is -1.25. The minimum absolute atomic E-state index is 0.0535. The van der Waals surface area contributed by atoms with Gasteiger partial charge in [-0.3, -0.25) is 19.2 Å². The number of aliphatic carboxylic acids is 2. The zero-order valence-corrected chi connectivity index (χ0v) is 18.5. The van der Waals surface area contributed by atoms with Crippen LogP contribution in [0.3, 0.4) is 0 Å². The molecule has 33 heavy (non-hydrogen) atoms. The number of nitrogens with one attached hydrogen (secondary N) is 2. The number of hydrogen-bond donors (Lipinski definition) is 6. The molecule has 0 aliphatic carbocycles. The number of amides is 2. The molecule has 1 heterocycles. The highest BCUT2D eigenvalue weighted by Gasteiger charge is 2.24. The first-order chi connectivity index (χ1) is 15.7. The fourth-order valence-electron chi connectivity index (χ4n) is 2.88. The maximum atomic E-state index is 12.4. The molecule has 1 aromatic carbocycles. The number of hydrogen-bond acceptors (Lipinski definition) is 9. The fraction of sp³-hybridized carbons (Fsp3) is 0.500. The molecule has 182 valence electrons. The lowest BCUT2D eigenvalue weighted by Gasteiger charge is -2.21. The summed E-state index contributed by atoms with van der Waals surface area (Å²) < 4.78 is 10.6. The third-order valence-electron chi connectivity index (χ3n) is 4.67. The quantitative estimate of drug-likeness (QED) is 0.188. The van der Waals surface area contributed by atoms with Gasteiger partial charge in [0.25, 0.3) is 0 Å². The number of carbonyl (C=O) groups is 4. The van der Waals surface area contributed by atoms with Crippen molar-refractivity contribution in [2.45, 2.75) is 36.6 Å². The number of ether oxygens (including phenoxy) is 2. The number of rotatable bonds is 14. The zero-order chi connectivity index (χ0) is 24.4. The maximum Gasteiger partial charge on any atom is 0.322 e. The van der Waals surface area contributed by atoms with Crippen LogP contribution >= 0.6 is 11.8 Å². The van der Waals surface area contributed by atoms with E-state index in [0.29, 0.717) is 17.9 Å². The van der Waals surface area contributed by atoms with Gasteiger partial charge in [-0.15, -0.1) is 0 Å². The Hall–Kier alpha value is -3.03. The molecule has 1 aliphatic heterocycles. The Morgan fingerprint density at radius 3 is 2.55 bits per heavy atom. The SMILES string of the molecule is NC(CCC(=O)NC(CSC(CO)Cc1ccc2c(c1)OCO2)C(=O)NCC(=O)O)C(=O)O. The second-order valence-corrected chi connectivity index (χ2v) is 8.58. The molecular weight excluding hydrogens is 458 g/mol. The molecule has 0 saturated carbocycles. The number of benzene rings is 1. The van der Waals surface area contributed by atoms with Crippen LogP contribution < -0.4 is 25.8 Å². The molecule has 7 N–H and O–H groups in total. The van der Waals surface area contributed by atoms with Crippen molar-refractivity contribution in [3.05, 3.63) is 23.8 Å². The highest BCUT2D eigenvalue weighted by Crippen LogP contribution is 2.33. The first-order valence-electron chi connectivity index (χ1n) is 10.1. The van der Waals surface area contributed by atoms with E-state index in [1.165, 1.54) is 11.8 Å². The van der Waals surface area contributed by atoms with Crippen molar-refractivity contribution in [3.8, 4) is 11.5 Å². The number of thioether (sulfide) groups is 1. The van der Waals surface area contributed by atoms with E-state index in [-0.39, 0.29) is 37.2 Å². The molecule has 13 heteroatoms. The van der Waals surface area contributed by atoms with Crippen LogP contribution in [0.4, 0.5) is 0 Å². The molecule has 1 aromatic rings. The molecule has 1 aliphatic rings. The Bertz CT molecular complexity index is 867. The Labute approximate surface area is 193 Å². The Balaban J connectivity index is 1.96. The summed E-state index contributed by atoms with van der Waals surface area (Å²) in [7, 11) is 0. The van der Waals surface area contributed by atoms with E-state index in [4.69, 9.17) is 25.4 Å². The predicted octanol–water partition coefficient (Wildman–Crippen LogP) is -1.07. The third-order valence-corrected chi connectivity index (χ3v) is 5.98. The summed E-state index contributed by atoms with van der Waals surface area (Å²) in [5, 5.41) is 31.7. The zero-order valence-electron chi connectivity index (χ0n) is 17.7. The molecule has 0 fully saturated rings. The summed E-state index contributed by atoms with van der Waals surface area (Å²) in [5.74, 6) is -2.51. The summed E-state index contributed by atoms with van der Waals surface area (Å²) in [6.07, 6.45) is 0.102. The molecule has 2 rings (SSSR count). The maximum absolute atomic E-state index is 12.4. The Kier molecular flexibility index (Phi) is 10.2. The molecule has 12 nitrogen and oxygen atoms in total. The predicted molar refractivity (Wildman–Crippen MR) is 117 cm³/mol. The summed E-state index contributed by atoms with van der Waals surface area (Å²) in [6, 6.07) is 3.09. The Morgan fingerprint density at radius 2 is 1.88 bits per heavy atom. The van der Waals surface area contributed by atoms with E-state index < -0.39 is 42.4 Å². The molecular formula is C20H27N3O9S. The van der Waals surface area contributed by atoms with Gasteiger partial charge in [-0.2, -0.15) is 11.8 Å². The van der Waals surface area contributed by atoms with E-state index in [1.807, 2.05) is 6.07 Å². The number of carboxylic acids is 2. The van der Waals surface area contributed by atoms with Gasteiger partial charge in [0.15, 0.2) is 11.5 Å². The monoisotopic (exact) mass is 485 g/mol. The molecule has 0 saturated heterocycles. The van der Waals surface area contributed by atoms with Crippen molar-refractivity contribution < 1.29 is 44.0 Å². The summed E-state index contributed by atoms with van der Waals surface area (Å²) in [6.45, 7) is -0.689. The molecule has 0 radical (unpaired) electrons. The molecule has 0 spiro atoms. The normalized spacial score (nSPS) is 14.7. The van der Waals surface area contributed by atoms with Crippen LogP contribution in [-0.4, -0.2) is 82.1 Å². The Morgan fingerprint density at radius 1 is 1.15 bits per heavy atom. The average Bonchev–Trinajstić information content (AvgIpc) is 3.25. The van der Waals surface area contributed by atoms with Gasteiger partial charge in [-0.25, -0.2) is 0 Å². The average molecular weight is 486 g/mol. The number of aliphatic hydroxyl groups excluding tert-OH is 1. The minimum Gasteiger partial charge on any atom is -0.480 e. The second-order valence-electron chi connectivity index (χ2n) is 7.24. The lowest BCUT2D eigenvalue weighted by molar-refractivity contribution is -0.139. The number of fused-ring (bicyclic) bond motifs is 1. The van der Waals surface area contributed by atoms with Crippen molar-refractivity contribution in [3.63, 3.8) is 0 Å². The van der Waals surface area contributed by atoms with Gasteiger partial charge in [0.1, 0.15) is 18.6 Å². The summed E-state index contributed by atoms with van der Waals surface area (Å²) in [5.41, 5.74) is 6.27. The third kappa shape index (κ3) is 8.79. The van der Waals surface area contributed by atoms with E-state index in [2.05, 4.69) is 10.6 Å². The van der Waals surface area contributed by atoms with Crippen LogP contribution in [0, 0.1) is 0 Å². The number of carboxylic acid groups (broad SMARTS) is 2. The molecule has 0 aromatic heterocycles. The van der Waals surface area contributed by atoms with Gasteiger partial charge < -0.3 is 41.2 Å². The largest absolute Gasteiger partial charge is 0.480 e. The molecule has 3 unspecified atom stereocenters. The molecule has 0 bridgehead atoms. The van der Waals surface area contributed by atoms with Crippen molar-refractivity contribution in [1.29, 1.82) is 0 Å². The number of carbonyl (C=O) groups excluding carboxylic acids is 2.